The first kappa shape index (κ1) is 17.5. The molecule has 4 nitrogen and oxygen atoms in total. The van der Waals surface area contributed by atoms with Gasteiger partial charge in [0.05, 0.1) is 12.1 Å². The van der Waals surface area contributed by atoms with Crippen molar-refractivity contribution < 1.29 is 19.1 Å². The van der Waals surface area contributed by atoms with Gasteiger partial charge in [-0.05, 0) is 42.5 Å². The summed E-state index contributed by atoms with van der Waals surface area (Å²) in [5.74, 6) is -1.48. The Balaban J connectivity index is 2.00. The molecular weight excluding hydrogens is 389 g/mol. The first-order chi connectivity index (χ1) is 11.9. The number of fused-ring (bicyclic) bond motifs is 1. The molecule has 1 amide bonds. The number of rotatable bonds is 5. The third-order valence-corrected chi connectivity index (χ3v) is 4.68. The third kappa shape index (κ3) is 3.03. The molecule has 1 aliphatic rings. The zero-order chi connectivity index (χ0) is 18.2. The van der Waals surface area contributed by atoms with E-state index < -0.39 is 29.5 Å². The van der Waals surface area contributed by atoms with E-state index in [0.29, 0.717) is 15.7 Å². The molecule has 0 saturated carbocycles. The topological polar surface area (TPSA) is 57.6 Å². The molecule has 2 aromatic rings. The van der Waals surface area contributed by atoms with Crippen molar-refractivity contribution in [2.75, 3.05) is 11.4 Å². The van der Waals surface area contributed by atoms with Crippen LogP contribution >= 0.6 is 15.9 Å². The second-order valence-electron chi connectivity index (χ2n) is 5.83. The summed E-state index contributed by atoms with van der Waals surface area (Å²) in [6.45, 7) is 3.85. The number of anilines is 1. The molecule has 2 aromatic carbocycles. The van der Waals surface area contributed by atoms with Gasteiger partial charge in [0.2, 0.25) is 0 Å². The van der Waals surface area contributed by atoms with Crippen LogP contribution in [0.5, 0.6) is 0 Å². The SMILES string of the molecule is C=CCN1C(=O)[C@@](O)(CC(=O)c2ccc(F)cc2)c2cc(Br)ccc21. The second-order valence-corrected chi connectivity index (χ2v) is 6.75. The predicted molar refractivity (Wildman–Crippen MR) is 95.9 cm³/mol. The van der Waals surface area contributed by atoms with Crippen molar-refractivity contribution >= 4 is 33.3 Å². The van der Waals surface area contributed by atoms with Gasteiger partial charge < -0.3 is 10.0 Å². The summed E-state index contributed by atoms with van der Waals surface area (Å²) < 4.78 is 13.7. The van der Waals surface area contributed by atoms with Crippen molar-refractivity contribution in [3.05, 3.63) is 76.5 Å². The minimum Gasteiger partial charge on any atom is -0.375 e. The predicted octanol–water partition coefficient (Wildman–Crippen LogP) is 3.58. The van der Waals surface area contributed by atoms with Crippen molar-refractivity contribution in [3.8, 4) is 0 Å². The number of hydrogen-bond acceptors (Lipinski definition) is 3. The number of hydrogen-bond donors (Lipinski definition) is 1. The first-order valence-corrected chi connectivity index (χ1v) is 8.40. The number of carbonyl (C=O) groups excluding carboxylic acids is 2. The fourth-order valence-electron chi connectivity index (χ4n) is 2.97. The lowest BCUT2D eigenvalue weighted by Gasteiger charge is -2.22. The van der Waals surface area contributed by atoms with Crippen molar-refractivity contribution in [1.82, 2.24) is 0 Å². The van der Waals surface area contributed by atoms with E-state index in [1.807, 2.05) is 0 Å². The average molecular weight is 404 g/mol. The molecule has 128 valence electrons. The van der Waals surface area contributed by atoms with Gasteiger partial charge in [-0.15, -0.1) is 6.58 Å². The van der Waals surface area contributed by atoms with Gasteiger partial charge in [-0.25, -0.2) is 4.39 Å². The van der Waals surface area contributed by atoms with Crippen LogP contribution in [0.1, 0.15) is 22.3 Å². The number of Topliss-reactive ketones (excluding diaryl/α,β-unsaturated/α-hetero) is 1. The molecule has 25 heavy (non-hydrogen) atoms. The van der Waals surface area contributed by atoms with Gasteiger partial charge in [-0.1, -0.05) is 22.0 Å². The molecule has 1 atom stereocenters. The van der Waals surface area contributed by atoms with Gasteiger partial charge in [-0.2, -0.15) is 0 Å². The Hall–Kier alpha value is -2.31. The van der Waals surface area contributed by atoms with Crippen LogP contribution in [0.2, 0.25) is 0 Å². The smallest absolute Gasteiger partial charge is 0.264 e. The van der Waals surface area contributed by atoms with Crippen LogP contribution in [0.25, 0.3) is 0 Å². The Morgan fingerprint density at radius 2 is 1.96 bits per heavy atom. The summed E-state index contributed by atoms with van der Waals surface area (Å²) in [5, 5.41) is 11.1. The molecule has 0 bridgehead atoms. The van der Waals surface area contributed by atoms with Crippen LogP contribution in [0.4, 0.5) is 10.1 Å². The lowest BCUT2D eigenvalue weighted by atomic mass is 9.88. The highest BCUT2D eigenvalue weighted by atomic mass is 79.9. The van der Waals surface area contributed by atoms with E-state index in [1.165, 1.54) is 29.2 Å². The fourth-order valence-corrected chi connectivity index (χ4v) is 3.34. The molecule has 1 aliphatic heterocycles. The summed E-state index contributed by atoms with van der Waals surface area (Å²) in [6, 6.07) is 10.1. The van der Waals surface area contributed by atoms with Crippen molar-refractivity contribution in [2.24, 2.45) is 0 Å². The Labute approximate surface area is 152 Å². The maximum Gasteiger partial charge on any atom is 0.264 e. The Morgan fingerprint density at radius 3 is 2.60 bits per heavy atom. The molecule has 0 unspecified atom stereocenters. The largest absolute Gasteiger partial charge is 0.375 e. The molecule has 3 rings (SSSR count). The standard InChI is InChI=1S/C19H15BrFNO3/c1-2-9-22-16-8-5-13(20)10-15(16)19(25,18(22)24)11-17(23)12-3-6-14(21)7-4-12/h2-8,10,25H,1,9,11H2/t19-/m1/s1. The van der Waals surface area contributed by atoms with Gasteiger partial charge in [-0.3, -0.25) is 9.59 Å². The van der Waals surface area contributed by atoms with Gasteiger partial charge in [0.15, 0.2) is 11.4 Å². The summed E-state index contributed by atoms with van der Waals surface area (Å²) in [4.78, 5) is 26.7. The number of ketones is 1. The number of amides is 1. The Morgan fingerprint density at radius 1 is 1.28 bits per heavy atom. The molecule has 0 saturated heterocycles. The minimum atomic E-state index is -1.96. The summed E-state index contributed by atoms with van der Waals surface area (Å²) >= 11 is 3.33. The molecule has 1 N–H and O–H groups in total. The zero-order valence-corrected chi connectivity index (χ0v) is 14.8. The summed E-state index contributed by atoms with van der Waals surface area (Å²) in [5.41, 5.74) is -0.818. The lowest BCUT2D eigenvalue weighted by molar-refractivity contribution is -0.135. The molecule has 1 heterocycles. The average Bonchev–Trinajstić information content (AvgIpc) is 2.77. The van der Waals surface area contributed by atoms with E-state index in [4.69, 9.17) is 0 Å². The van der Waals surface area contributed by atoms with Crippen LogP contribution < -0.4 is 4.90 Å². The maximum absolute atomic E-state index is 13.0. The molecule has 6 heteroatoms. The molecule has 0 radical (unpaired) electrons. The Bertz CT molecular complexity index is 865. The fraction of sp³-hybridized carbons (Fsp3) is 0.158. The molecule has 0 aromatic heterocycles. The number of aliphatic hydroxyl groups is 1. The van der Waals surface area contributed by atoms with Crippen LogP contribution in [0.3, 0.4) is 0 Å². The van der Waals surface area contributed by atoms with Crippen molar-refractivity contribution in [1.29, 1.82) is 0 Å². The Kier molecular flexibility index (Phi) is 4.58. The quantitative estimate of drug-likeness (QED) is 0.612. The van der Waals surface area contributed by atoms with Gasteiger partial charge in [0.1, 0.15) is 5.82 Å². The van der Waals surface area contributed by atoms with Gasteiger partial charge >= 0.3 is 0 Å². The first-order valence-electron chi connectivity index (χ1n) is 7.61. The highest BCUT2D eigenvalue weighted by molar-refractivity contribution is 9.10. The van der Waals surface area contributed by atoms with E-state index in [-0.39, 0.29) is 12.1 Å². The van der Waals surface area contributed by atoms with E-state index >= 15 is 0 Å². The second kappa shape index (κ2) is 6.54. The maximum atomic E-state index is 13.0. The zero-order valence-electron chi connectivity index (χ0n) is 13.2. The lowest BCUT2D eigenvalue weighted by Crippen LogP contribution is -2.41. The van der Waals surface area contributed by atoms with E-state index in [9.17, 15) is 19.1 Å². The number of nitrogens with zero attached hydrogens (tertiary/aromatic N) is 1. The third-order valence-electron chi connectivity index (χ3n) is 4.19. The normalized spacial score (nSPS) is 19.0. The van der Waals surface area contributed by atoms with Crippen molar-refractivity contribution in [3.63, 3.8) is 0 Å². The van der Waals surface area contributed by atoms with Crippen LogP contribution in [0.15, 0.2) is 59.6 Å². The van der Waals surface area contributed by atoms with Crippen LogP contribution in [-0.4, -0.2) is 23.3 Å². The van der Waals surface area contributed by atoms with E-state index in [2.05, 4.69) is 22.5 Å². The number of benzene rings is 2. The van der Waals surface area contributed by atoms with Crippen LogP contribution in [0, 0.1) is 5.82 Å². The highest BCUT2D eigenvalue weighted by Crippen LogP contribution is 2.44. The molecule has 0 fully saturated rings. The van der Waals surface area contributed by atoms with E-state index in [1.54, 1.807) is 24.3 Å². The molecule has 0 aliphatic carbocycles. The number of halogens is 2. The molecule has 0 spiro atoms. The molecular formula is C19H15BrFNO3. The number of carbonyl (C=O) groups is 2. The van der Waals surface area contributed by atoms with Gasteiger partial charge in [0.25, 0.3) is 5.91 Å². The van der Waals surface area contributed by atoms with Crippen LogP contribution in [-0.2, 0) is 10.4 Å². The highest BCUT2D eigenvalue weighted by Gasteiger charge is 2.50. The van der Waals surface area contributed by atoms with E-state index in [0.717, 1.165) is 0 Å². The monoisotopic (exact) mass is 403 g/mol. The summed E-state index contributed by atoms with van der Waals surface area (Å²) in [7, 11) is 0. The van der Waals surface area contributed by atoms with Gasteiger partial charge in [0, 0.05) is 22.1 Å². The summed E-state index contributed by atoms with van der Waals surface area (Å²) in [6.07, 6.45) is 1.13. The minimum absolute atomic E-state index is 0.223. The van der Waals surface area contributed by atoms with Crippen molar-refractivity contribution in [2.45, 2.75) is 12.0 Å².